The second kappa shape index (κ2) is 4.50. The lowest BCUT2D eigenvalue weighted by molar-refractivity contribution is -0.143. The minimum Gasteiger partial charge on any atom is -0.481 e. The van der Waals surface area contributed by atoms with Gasteiger partial charge in [0.05, 0.1) is 23.5 Å². The molecule has 1 aromatic heterocycles. The first-order valence-corrected chi connectivity index (χ1v) is 6.43. The molecule has 0 saturated heterocycles. The molecule has 1 heterocycles. The summed E-state index contributed by atoms with van der Waals surface area (Å²) in [5.74, 6) is -0.726. The third kappa shape index (κ3) is 1.91. The van der Waals surface area contributed by atoms with Crippen molar-refractivity contribution in [2.75, 3.05) is 0 Å². The van der Waals surface area contributed by atoms with Crippen molar-refractivity contribution in [2.24, 2.45) is 0 Å². The van der Waals surface area contributed by atoms with Crippen molar-refractivity contribution in [2.45, 2.75) is 31.1 Å². The predicted octanol–water partition coefficient (Wildman–Crippen LogP) is 2.16. The molecular formula is C14H15N3O2. The van der Waals surface area contributed by atoms with Crippen LogP contribution in [0.2, 0.25) is 0 Å². The number of rotatable bonds is 3. The Morgan fingerprint density at radius 2 is 1.89 bits per heavy atom. The highest BCUT2D eigenvalue weighted by atomic mass is 16.4. The van der Waals surface area contributed by atoms with E-state index in [0.717, 1.165) is 24.1 Å². The Morgan fingerprint density at radius 3 is 2.53 bits per heavy atom. The van der Waals surface area contributed by atoms with Gasteiger partial charge in [-0.25, -0.2) is 0 Å². The molecule has 1 aliphatic carbocycles. The van der Waals surface area contributed by atoms with Crippen molar-refractivity contribution in [3.05, 3.63) is 42.2 Å². The largest absolute Gasteiger partial charge is 0.481 e. The molecule has 1 aliphatic rings. The molecule has 0 bridgehead atoms. The van der Waals surface area contributed by atoms with Gasteiger partial charge in [-0.15, -0.1) is 0 Å². The van der Waals surface area contributed by atoms with Gasteiger partial charge in [-0.2, -0.15) is 15.0 Å². The molecule has 0 amide bonds. The third-order valence-electron chi connectivity index (χ3n) is 3.91. The van der Waals surface area contributed by atoms with E-state index in [-0.39, 0.29) is 0 Å². The van der Waals surface area contributed by atoms with E-state index in [0.29, 0.717) is 12.8 Å². The van der Waals surface area contributed by atoms with Crippen LogP contribution in [0.3, 0.4) is 0 Å². The first-order chi connectivity index (χ1) is 9.22. The third-order valence-corrected chi connectivity index (χ3v) is 3.91. The summed E-state index contributed by atoms with van der Waals surface area (Å²) in [6.45, 7) is 0. The van der Waals surface area contributed by atoms with Gasteiger partial charge in [0.15, 0.2) is 0 Å². The molecule has 19 heavy (non-hydrogen) atoms. The van der Waals surface area contributed by atoms with Crippen LogP contribution >= 0.6 is 0 Å². The second-order valence-corrected chi connectivity index (χ2v) is 4.96. The molecular weight excluding hydrogens is 242 g/mol. The quantitative estimate of drug-likeness (QED) is 0.915. The maximum absolute atomic E-state index is 11.7. The van der Waals surface area contributed by atoms with Crippen LogP contribution in [-0.2, 0) is 10.2 Å². The summed E-state index contributed by atoms with van der Waals surface area (Å²) in [4.78, 5) is 13.2. The summed E-state index contributed by atoms with van der Waals surface area (Å²) in [7, 11) is 0. The number of carbonyl (C=O) groups is 1. The van der Waals surface area contributed by atoms with E-state index < -0.39 is 11.4 Å². The number of aromatic nitrogens is 3. The fraction of sp³-hybridized carbons (Fsp3) is 0.357. The van der Waals surface area contributed by atoms with Crippen LogP contribution in [0.4, 0.5) is 0 Å². The lowest BCUT2D eigenvalue weighted by Gasteiger charge is -2.24. The second-order valence-electron chi connectivity index (χ2n) is 4.96. The van der Waals surface area contributed by atoms with E-state index in [2.05, 4.69) is 10.2 Å². The molecule has 0 aliphatic heterocycles. The number of hydrogen-bond donors (Lipinski definition) is 1. The Kier molecular flexibility index (Phi) is 2.81. The summed E-state index contributed by atoms with van der Waals surface area (Å²) in [6.07, 6.45) is 6.56. The van der Waals surface area contributed by atoms with Crippen molar-refractivity contribution in [3.8, 4) is 5.69 Å². The van der Waals surface area contributed by atoms with Crippen molar-refractivity contribution in [1.82, 2.24) is 15.0 Å². The summed E-state index contributed by atoms with van der Waals surface area (Å²) in [6, 6.07) is 7.54. The van der Waals surface area contributed by atoms with Gasteiger partial charge >= 0.3 is 5.97 Å². The lowest BCUT2D eigenvalue weighted by Crippen LogP contribution is -2.32. The fourth-order valence-electron chi connectivity index (χ4n) is 2.88. The molecule has 3 rings (SSSR count). The molecule has 5 heteroatoms. The topological polar surface area (TPSA) is 68.0 Å². The van der Waals surface area contributed by atoms with Gasteiger partial charge in [-0.1, -0.05) is 25.0 Å². The molecule has 0 spiro atoms. The molecule has 0 radical (unpaired) electrons. The Hall–Kier alpha value is -2.17. The Labute approximate surface area is 110 Å². The van der Waals surface area contributed by atoms with Gasteiger partial charge in [0, 0.05) is 0 Å². The van der Waals surface area contributed by atoms with Crippen molar-refractivity contribution >= 4 is 5.97 Å². The van der Waals surface area contributed by atoms with Gasteiger partial charge < -0.3 is 5.11 Å². The first kappa shape index (κ1) is 11.9. The Morgan fingerprint density at radius 1 is 1.21 bits per heavy atom. The van der Waals surface area contributed by atoms with Gasteiger partial charge in [0.25, 0.3) is 0 Å². The van der Waals surface area contributed by atoms with Crippen LogP contribution in [0, 0.1) is 0 Å². The average Bonchev–Trinajstić information content (AvgIpc) is 3.11. The van der Waals surface area contributed by atoms with Crippen molar-refractivity contribution < 1.29 is 9.90 Å². The highest BCUT2D eigenvalue weighted by Gasteiger charge is 2.42. The van der Waals surface area contributed by atoms with E-state index in [1.54, 1.807) is 12.4 Å². The van der Waals surface area contributed by atoms with Crippen LogP contribution in [0.15, 0.2) is 36.7 Å². The van der Waals surface area contributed by atoms with Crippen molar-refractivity contribution in [1.29, 1.82) is 0 Å². The lowest BCUT2D eigenvalue weighted by atomic mass is 9.79. The van der Waals surface area contributed by atoms with E-state index in [9.17, 15) is 9.90 Å². The van der Waals surface area contributed by atoms with Crippen LogP contribution in [0.5, 0.6) is 0 Å². The zero-order chi connectivity index (χ0) is 13.3. The smallest absolute Gasteiger partial charge is 0.314 e. The number of aliphatic carboxylic acids is 1. The highest BCUT2D eigenvalue weighted by Crippen LogP contribution is 2.41. The van der Waals surface area contributed by atoms with Crippen LogP contribution in [0.1, 0.15) is 31.2 Å². The maximum Gasteiger partial charge on any atom is 0.314 e. The zero-order valence-electron chi connectivity index (χ0n) is 10.5. The van der Waals surface area contributed by atoms with Gasteiger partial charge in [0.2, 0.25) is 0 Å². The summed E-state index contributed by atoms with van der Waals surface area (Å²) < 4.78 is 0. The maximum atomic E-state index is 11.7. The molecule has 1 saturated carbocycles. The van der Waals surface area contributed by atoms with E-state index in [1.807, 2.05) is 24.3 Å². The highest BCUT2D eigenvalue weighted by molar-refractivity contribution is 5.82. The van der Waals surface area contributed by atoms with Crippen molar-refractivity contribution in [3.63, 3.8) is 0 Å². The van der Waals surface area contributed by atoms with E-state index >= 15 is 0 Å². The predicted molar refractivity (Wildman–Crippen MR) is 69.1 cm³/mol. The molecule has 1 aromatic carbocycles. The minimum absolute atomic E-state index is 0.707. The standard InChI is InChI=1S/C14H15N3O2/c18-13(19)14(6-1-2-7-14)11-4-3-5-12(10-11)17-15-8-9-16-17/h3-5,8-10H,1-2,6-7H2,(H,18,19). The molecule has 0 atom stereocenters. The van der Waals surface area contributed by atoms with E-state index in [1.165, 1.54) is 4.80 Å². The summed E-state index contributed by atoms with van der Waals surface area (Å²) >= 11 is 0. The molecule has 0 unspecified atom stereocenters. The normalized spacial score (nSPS) is 17.5. The van der Waals surface area contributed by atoms with Crippen LogP contribution in [-0.4, -0.2) is 26.1 Å². The molecule has 2 aromatic rings. The fourth-order valence-corrected chi connectivity index (χ4v) is 2.88. The summed E-state index contributed by atoms with van der Waals surface area (Å²) in [5, 5.41) is 17.8. The van der Waals surface area contributed by atoms with Gasteiger partial charge in [0.1, 0.15) is 0 Å². The molecule has 1 N–H and O–H groups in total. The zero-order valence-corrected chi connectivity index (χ0v) is 10.5. The Balaban J connectivity index is 2.05. The summed E-state index contributed by atoms with van der Waals surface area (Å²) in [5.41, 5.74) is 0.922. The van der Waals surface area contributed by atoms with Gasteiger partial charge in [-0.3, -0.25) is 4.79 Å². The SMILES string of the molecule is O=C(O)C1(c2cccc(-n3nccn3)c2)CCCC1. The van der Waals surface area contributed by atoms with E-state index in [4.69, 9.17) is 0 Å². The number of carboxylic acids is 1. The monoisotopic (exact) mass is 257 g/mol. The minimum atomic E-state index is -0.733. The van der Waals surface area contributed by atoms with Gasteiger partial charge in [-0.05, 0) is 30.5 Å². The molecule has 98 valence electrons. The number of nitrogens with zero attached hydrogens (tertiary/aromatic N) is 3. The van der Waals surface area contributed by atoms with Crippen LogP contribution < -0.4 is 0 Å². The number of benzene rings is 1. The number of carboxylic acid groups (broad SMARTS) is 1. The number of hydrogen-bond acceptors (Lipinski definition) is 3. The molecule has 5 nitrogen and oxygen atoms in total. The average molecular weight is 257 g/mol. The molecule has 1 fully saturated rings. The Bertz CT molecular complexity index is 586. The first-order valence-electron chi connectivity index (χ1n) is 6.43. The van der Waals surface area contributed by atoms with Crippen LogP contribution in [0.25, 0.3) is 5.69 Å².